The molecule has 1 atom stereocenters. The molecular weight excluding hydrogens is 206 g/mol. The van der Waals surface area contributed by atoms with Crippen LogP contribution in [0.25, 0.3) is 0 Å². The fraction of sp³-hybridized carbons (Fsp3) is 0.636. The summed E-state index contributed by atoms with van der Waals surface area (Å²) in [7, 11) is 1.83. The van der Waals surface area contributed by atoms with E-state index in [1.807, 2.05) is 20.9 Å². The zero-order valence-electron chi connectivity index (χ0n) is 10.3. The Kier molecular flexibility index (Phi) is 4.49. The Morgan fingerprint density at radius 3 is 2.81 bits per heavy atom. The topological polar surface area (TPSA) is 67.2 Å². The summed E-state index contributed by atoms with van der Waals surface area (Å²) in [6.45, 7) is 6.30. The molecule has 1 heterocycles. The maximum Gasteiger partial charge on any atom is 0.228 e. The summed E-state index contributed by atoms with van der Waals surface area (Å²) in [4.78, 5) is 11.8. The number of hydrogen-bond donors (Lipinski definition) is 2. The summed E-state index contributed by atoms with van der Waals surface area (Å²) in [5.41, 5.74) is 1.51. The van der Waals surface area contributed by atoms with E-state index >= 15 is 0 Å². The van der Waals surface area contributed by atoms with E-state index in [4.69, 9.17) is 4.52 Å². The molecule has 16 heavy (non-hydrogen) atoms. The summed E-state index contributed by atoms with van der Waals surface area (Å²) < 4.78 is 5.05. The second-order valence-corrected chi connectivity index (χ2v) is 3.86. The van der Waals surface area contributed by atoms with Gasteiger partial charge in [-0.2, -0.15) is 0 Å². The molecule has 0 aromatic carbocycles. The van der Waals surface area contributed by atoms with Gasteiger partial charge in [-0.25, -0.2) is 0 Å². The summed E-state index contributed by atoms with van der Waals surface area (Å²) in [5.74, 6) is 0.557. The third-order valence-corrected chi connectivity index (χ3v) is 2.47. The molecule has 0 aliphatic rings. The highest BCUT2D eigenvalue weighted by Gasteiger charge is 2.17. The number of hydrogen-bond acceptors (Lipinski definition) is 4. The van der Waals surface area contributed by atoms with E-state index in [1.54, 1.807) is 6.92 Å². The monoisotopic (exact) mass is 225 g/mol. The second-order valence-electron chi connectivity index (χ2n) is 3.86. The van der Waals surface area contributed by atoms with Gasteiger partial charge in [0, 0.05) is 12.5 Å². The first-order valence-electron chi connectivity index (χ1n) is 5.50. The molecule has 0 aliphatic carbocycles. The molecule has 1 aromatic heterocycles. The fourth-order valence-corrected chi connectivity index (χ4v) is 1.46. The van der Waals surface area contributed by atoms with Gasteiger partial charge in [0.1, 0.15) is 11.4 Å². The van der Waals surface area contributed by atoms with Gasteiger partial charge >= 0.3 is 0 Å². The molecule has 90 valence electrons. The highest BCUT2D eigenvalue weighted by atomic mass is 16.5. The number of amides is 1. The van der Waals surface area contributed by atoms with Gasteiger partial charge in [0.15, 0.2) is 5.76 Å². The van der Waals surface area contributed by atoms with Crippen molar-refractivity contribution in [3.63, 3.8) is 0 Å². The van der Waals surface area contributed by atoms with Gasteiger partial charge in [-0.05, 0) is 20.4 Å². The second kappa shape index (κ2) is 5.65. The molecule has 1 amide bonds. The van der Waals surface area contributed by atoms with E-state index in [1.165, 1.54) is 0 Å². The van der Waals surface area contributed by atoms with Crippen LogP contribution in [0.15, 0.2) is 4.52 Å². The Morgan fingerprint density at radius 1 is 1.56 bits per heavy atom. The van der Waals surface area contributed by atoms with E-state index in [0.717, 1.165) is 17.8 Å². The molecule has 1 aromatic rings. The van der Waals surface area contributed by atoms with Crippen LogP contribution in [0.1, 0.15) is 25.3 Å². The molecule has 0 spiro atoms. The molecular formula is C11H19N3O2. The van der Waals surface area contributed by atoms with Gasteiger partial charge in [-0.15, -0.1) is 0 Å². The molecule has 5 nitrogen and oxygen atoms in total. The van der Waals surface area contributed by atoms with Gasteiger partial charge in [0.2, 0.25) is 5.91 Å². The molecule has 2 N–H and O–H groups in total. The number of nitrogens with one attached hydrogen (secondary N) is 2. The average molecular weight is 225 g/mol. The van der Waals surface area contributed by atoms with Crippen molar-refractivity contribution in [2.24, 2.45) is 5.92 Å². The zero-order chi connectivity index (χ0) is 12.1. The highest BCUT2D eigenvalue weighted by molar-refractivity contribution is 5.93. The number of carbonyl (C=O) groups is 1. The van der Waals surface area contributed by atoms with Crippen LogP contribution >= 0.6 is 0 Å². The minimum absolute atomic E-state index is 0.0182. The maximum atomic E-state index is 11.8. The van der Waals surface area contributed by atoms with Gasteiger partial charge < -0.3 is 15.2 Å². The summed E-state index contributed by atoms with van der Waals surface area (Å²) in [6.07, 6.45) is 0.743. The number of aryl methyl sites for hydroxylation is 2. The predicted molar refractivity (Wildman–Crippen MR) is 62.3 cm³/mol. The molecule has 5 heteroatoms. The van der Waals surface area contributed by atoms with Crippen molar-refractivity contribution < 1.29 is 9.32 Å². The van der Waals surface area contributed by atoms with Crippen LogP contribution in [0.5, 0.6) is 0 Å². The number of anilines is 1. The average Bonchev–Trinajstić information content (AvgIpc) is 2.60. The van der Waals surface area contributed by atoms with Gasteiger partial charge in [-0.1, -0.05) is 19.0 Å². The lowest BCUT2D eigenvalue weighted by molar-refractivity contribution is -0.119. The quantitative estimate of drug-likeness (QED) is 0.793. The third-order valence-electron chi connectivity index (χ3n) is 2.47. The fourth-order valence-electron chi connectivity index (χ4n) is 1.46. The molecule has 0 aliphatic heterocycles. The molecule has 0 radical (unpaired) electrons. The Balaban J connectivity index is 2.72. The molecule has 1 unspecified atom stereocenters. The lowest BCUT2D eigenvalue weighted by Crippen LogP contribution is -2.29. The summed E-state index contributed by atoms with van der Waals surface area (Å²) in [5, 5.41) is 9.72. The van der Waals surface area contributed by atoms with Gasteiger partial charge in [-0.3, -0.25) is 4.79 Å². The Hall–Kier alpha value is -1.36. The highest BCUT2D eigenvalue weighted by Crippen LogP contribution is 2.20. The first kappa shape index (κ1) is 12.7. The number of aromatic nitrogens is 1. The molecule has 0 fully saturated rings. The van der Waals surface area contributed by atoms with Crippen LogP contribution in [-0.4, -0.2) is 24.7 Å². The molecule has 0 bridgehead atoms. The first-order chi connectivity index (χ1) is 7.60. The maximum absolute atomic E-state index is 11.8. The van der Waals surface area contributed by atoms with Crippen LogP contribution in [0.2, 0.25) is 0 Å². The van der Waals surface area contributed by atoms with Crippen molar-refractivity contribution in [2.75, 3.05) is 18.9 Å². The third kappa shape index (κ3) is 2.82. The van der Waals surface area contributed by atoms with Crippen molar-refractivity contribution in [2.45, 2.75) is 27.2 Å². The number of nitrogens with zero attached hydrogens (tertiary/aromatic N) is 1. The molecule has 0 saturated carbocycles. The van der Waals surface area contributed by atoms with E-state index in [2.05, 4.69) is 15.8 Å². The lowest BCUT2D eigenvalue weighted by atomic mass is 10.1. The molecule has 0 saturated heterocycles. The van der Waals surface area contributed by atoms with Crippen LogP contribution in [-0.2, 0) is 11.2 Å². The molecule has 1 rings (SSSR count). The summed E-state index contributed by atoms with van der Waals surface area (Å²) >= 11 is 0. The normalized spacial score (nSPS) is 12.5. The van der Waals surface area contributed by atoms with Crippen LogP contribution in [0.3, 0.4) is 0 Å². The van der Waals surface area contributed by atoms with E-state index in [0.29, 0.717) is 12.3 Å². The minimum Gasteiger partial charge on any atom is -0.359 e. The Morgan fingerprint density at radius 2 is 2.25 bits per heavy atom. The van der Waals surface area contributed by atoms with Crippen molar-refractivity contribution in [1.82, 2.24) is 10.5 Å². The van der Waals surface area contributed by atoms with E-state index in [-0.39, 0.29) is 11.8 Å². The van der Waals surface area contributed by atoms with Crippen molar-refractivity contribution in [1.29, 1.82) is 0 Å². The Labute approximate surface area is 95.6 Å². The van der Waals surface area contributed by atoms with E-state index < -0.39 is 0 Å². The van der Waals surface area contributed by atoms with Crippen molar-refractivity contribution >= 4 is 11.6 Å². The van der Waals surface area contributed by atoms with Crippen LogP contribution in [0.4, 0.5) is 5.69 Å². The lowest BCUT2D eigenvalue weighted by Gasteiger charge is -2.11. The first-order valence-corrected chi connectivity index (χ1v) is 5.50. The number of rotatable bonds is 5. The zero-order valence-corrected chi connectivity index (χ0v) is 10.3. The van der Waals surface area contributed by atoms with E-state index in [9.17, 15) is 4.79 Å². The standard InChI is InChI=1S/C11H19N3O2/c1-5-9-10(8(3)16-14-9)13-11(15)7(2)6-12-4/h7,12H,5-6H2,1-4H3,(H,13,15). The smallest absolute Gasteiger partial charge is 0.228 e. The Bertz CT molecular complexity index is 360. The largest absolute Gasteiger partial charge is 0.359 e. The summed E-state index contributed by atoms with van der Waals surface area (Å²) in [6, 6.07) is 0. The van der Waals surface area contributed by atoms with Crippen molar-refractivity contribution in [3.8, 4) is 0 Å². The van der Waals surface area contributed by atoms with Crippen LogP contribution in [0, 0.1) is 12.8 Å². The van der Waals surface area contributed by atoms with Crippen molar-refractivity contribution in [3.05, 3.63) is 11.5 Å². The predicted octanol–water partition coefficient (Wildman–Crippen LogP) is 1.34. The van der Waals surface area contributed by atoms with Gasteiger partial charge in [0.05, 0.1) is 0 Å². The van der Waals surface area contributed by atoms with Gasteiger partial charge in [0.25, 0.3) is 0 Å². The minimum atomic E-state index is -0.0796. The van der Waals surface area contributed by atoms with Crippen LogP contribution < -0.4 is 10.6 Å². The SMILES string of the molecule is CCc1noc(C)c1NC(=O)C(C)CNC. The number of carbonyl (C=O) groups excluding carboxylic acids is 1.